The van der Waals surface area contributed by atoms with Gasteiger partial charge in [0.25, 0.3) is 0 Å². The van der Waals surface area contributed by atoms with E-state index in [-0.39, 0.29) is 0 Å². The molecule has 88 valence electrons. The predicted octanol–water partition coefficient (Wildman–Crippen LogP) is 2.42. The molecule has 1 aromatic carbocycles. The minimum Gasteiger partial charge on any atom is -0.508 e. The van der Waals surface area contributed by atoms with E-state index in [1.165, 1.54) is 37.2 Å². The number of hydrogen-bond acceptors (Lipinski definition) is 3. The van der Waals surface area contributed by atoms with E-state index in [1.54, 1.807) is 12.1 Å². The molecular formula is C13H19NOS. The van der Waals surface area contributed by atoms with Crippen molar-refractivity contribution in [2.45, 2.75) is 24.5 Å². The van der Waals surface area contributed by atoms with Gasteiger partial charge in [-0.2, -0.15) is 11.8 Å². The van der Waals surface area contributed by atoms with Crippen molar-refractivity contribution in [1.82, 2.24) is 5.32 Å². The Hall–Kier alpha value is -0.670. The van der Waals surface area contributed by atoms with Gasteiger partial charge >= 0.3 is 0 Å². The smallest absolute Gasteiger partial charge is 0.115 e. The van der Waals surface area contributed by atoms with Crippen molar-refractivity contribution in [1.29, 1.82) is 0 Å². The Morgan fingerprint density at radius 3 is 2.56 bits per heavy atom. The minimum atomic E-state index is 0.356. The lowest BCUT2D eigenvalue weighted by Crippen LogP contribution is -2.29. The lowest BCUT2D eigenvalue weighted by atomic mass is 10.2. The molecule has 2 N–H and O–H groups in total. The van der Waals surface area contributed by atoms with Crippen LogP contribution in [0.5, 0.6) is 5.75 Å². The Morgan fingerprint density at radius 2 is 1.88 bits per heavy atom. The average molecular weight is 237 g/mol. The number of benzene rings is 1. The van der Waals surface area contributed by atoms with E-state index >= 15 is 0 Å². The van der Waals surface area contributed by atoms with Gasteiger partial charge < -0.3 is 10.4 Å². The predicted molar refractivity (Wildman–Crippen MR) is 70.2 cm³/mol. The molecule has 3 heteroatoms. The van der Waals surface area contributed by atoms with Crippen LogP contribution in [0.3, 0.4) is 0 Å². The molecular weight excluding hydrogens is 218 g/mol. The van der Waals surface area contributed by atoms with Crippen LogP contribution in [0, 0.1) is 0 Å². The summed E-state index contributed by atoms with van der Waals surface area (Å²) in [5.41, 5.74) is 1.32. The van der Waals surface area contributed by atoms with Crippen molar-refractivity contribution in [3.63, 3.8) is 0 Å². The van der Waals surface area contributed by atoms with Gasteiger partial charge in [0.2, 0.25) is 0 Å². The Morgan fingerprint density at radius 1 is 1.19 bits per heavy atom. The molecule has 0 spiro atoms. The standard InChI is InChI=1S/C13H19NOS/c15-12-3-1-11(2-4-12)7-10-16-13-5-8-14-9-6-13/h1-4,13-15H,5-10H2. The summed E-state index contributed by atoms with van der Waals surface area (Å²) in [7, 11) is 0. The number of hydrogen-bond donors (Lipinski definition) is 2. The molecule has 2 nitrogen and oxygen atoms in total. The van der Waals surface area contributed by atoms with Crippen molar-refractivity contribution in [2.75, 3.05) is 18.8 Å². The Kier molecular flexibility index (Phi) is 4.55. The summed E-state index contributed by atoms with van der Waals surface area (Å²) >= 11 is 2.09. The molecule has 0 aliphatic carbocycles. The van der Waals surface area contributed by atoms with Gasteiger partial charge in [0, 0.05) is 5.25 Å². The first-order valence-electron chi connectivity index (χ1n) is 5.95. The van der Waals surface area contributed by atoms with E-state index < -0.39 is 0 Å². The second-order valence-electron chi connectivity index (χ2n) is 4.24. The van der Waals surface area contributed by atoms with Gasteiger partial charge in [0.1, 0.15) is 5.75 Å². The highest BCUT2D eigenvalue weighted by Gasteiger charge is 2.12. The number of aryl methyl sites for hydroxylation is 1. The first-order chi connectivity index (χ1) is 7.84. The molecule has 0 unspecified atom stereocenters. The minimum absolute atomic E-state index is 0.356. The van der Waals surface area contributed by atoms with Crippen LogP contribution >= 0.6 is 11.8 Å². The maximum Gasteiger partial charge on any atom is 0.115 e. The van der Waals surface area contributed by atoms with E-state index in [2.05, 4.69) is 17.1 Å². The van der Waals surface area contributed by atoms with Crippen LogP contribution in [-0.2, 0) is 6.42 Å². The zero-order valence-corrected chi connectivity index (χ0v) is 10.3. The number of thioether (sulfide) groups is 1. The van der Waals surface area contributed by atoms with Gasteiger partial charge in [-0.3, -0.25) is 0 Å². The molecule has 1 aromatic rings. The summed E-state index contributed by atoms with van der Waals surface area (Å²) < 4.78 is 0. The third-order valence-electron chi connectivity index (χ3n) is 2.97. The lowest BCUT2D eigenvalue weighted by molar-refractivity contribution is 0.475. The second kappa shape index (κ2) is 6.16. The molecule has 16 heavy (non-hydrogen) atoms. The van der Waals surface area contributed by atoms with Crippen LogP contribution in [0.25, 0.3) is 0 Å². The Bertz CT molecular complexity index is 306. The van der Waals surface area contributed by atoms with Gasteiger partial charge in [0.05, 0.1) is 0 Å². The van der Waals surface area contributed by atoms with Crippen molar-refractivity contribution in [3.8, 4) is 5.75 Å². The normalized spacial score (nSPS) is 17.5. The van der Waals surface area contributed by atoms with Gasteiger partial charge in [-0.05, 0) is 55.8 Å². The van der Waals surface area contributed by atoms with Crippen molar-refractivity contribution < 1.29 is 5.11 Å². The topological polar surface area (TPSA) is 32.3 Å². The van der Waals surface area contributed by atoms with Crippen LogP contribution in [0.15, 0.2) is 24.3 Å². The van der Waals surface area contributed by atoms with Gasteiger partial charge in [-0.15, -0.1) is 0 Å². The molecule has 0 aromatic heterocycles. The van der Waals surface area contributed by atoms with Crippen molar-refractivity contribution in [2.24, 2.45) is 0 Å². The van der Waals surface area contributed by atoms with Crippen LogP contribution in [0.2, 0.25) is 0 Å². The molecule has 1 aliphatic rings. The third kappa shape index (κ3) is 3.72. The Balaban J connectivity index is 1.69. The molecule has 0 amide bonds. The fourth-order valence-electron chi connectivity index (χ4n) is 1.97. The highest BCUT2D eigenvalue weighted by molar-refractivity contribution is 7.99. The second-order valence-corrected chi connectivity index (χ2v) is 5.64. The number of rotatable bonds is 4. The molecule has 0 bridgehead atoms. The van der Waals surface area contributed by atoms with Crippen molar-refractivity contribution in [3.05, 3.63) is 29.8 Å². The first kappa shape index (κ1) is 11.8. The van der Waals surface area contributed by atoms with Gasteiger partial charge in [-0.25, -0.2) is 0 Å². The molecule has 1 aliphatic heterocycles. The summed E-state index contributed by atoms with van der Waals surface area (Å²) in [4.78, 5) is 0. The number of nitrogens with one attached hydrogen (secondary N) is 1. The van der Waals surface area contributed by atoms with E-state index in [0.717, 1.165) is 11.7 Å². The van der Waals surface area contributed by atoms with Crippen LogP contribution in [0.1, 0.15) is 18.4 Å². The highest BCUT2D eigenvalue weighted by atomic mass is 32.2. The maximum atomic E-state index is 9.17. The summed E-state index contributed by atoms with van der Waals surface area (Å²) in [6.07, 6.45) is 3.72. The van der Waals surface area contributed by atoms with Crippen LogP contribution < -0.4 is 5.32 Å². The van der Waals surface area contributed by atoms with Crippen LogP contribution in [0.4, 0.5) is 0 Å². The van der Waals surface area contributed by atoms with Gasteiger partial charge in [0.15, 0.2) is 0 Å². The monoisotopic (exact) mass is 237 g/mol. The largest absolute Gasteiger partial charge is 0.508 e. The Labute approximate surface area is 101 Å². The summed E-state index contributed by atoms with van der Waals surface area (Å²) in [5, 5.41) is 13.4. The molecule has 0 radical (unpaired) electrons. The zero-order chi connectivity index (χ0) is 11.2. The fraction of sp³-hybridized carbons (Fsp3) is 0.538. The van der Waals surface area contributed by atoms with E-state index in [1.807, 2.05) is 12.1 Å². The number of phenols is 1. The van der Waals surface area contributed by atoms with E-state index in [9.17, 15) is 5.11 Å². The fourth-order valence-corrected chi connectivity index (χ4v) is 3.22. The number of phenolic OH excluding ortho intramolecular Hbond substituents is 1. The number of piperidine rings is 1. The van der Waals surface area contributed by atoms with Crippen molar-refractivity contribution >= 4 is 11.8 Å². The molecule has 2 rings (SSSR count). The highest BCUT2D eigenvalue weighted by Crippen LogP contribution is 2.21. The summed E-state index contributed by atoms with van der Waals surface area (Å²) in [6.45, 7) is 2.35. The zero-order valence-electron chi connectivity index (χ0n) is 9.48. The van der Waals surface area contributed by atoms with E-state index in [0.29, 0.717) is 5.75 Å². The summed E-state index contributed by atoms with van der Waals surface area (Å²) in [5.74, 6) is 1.55. The number of aromatic hydroxyl groups is 1. The molecule has 1 fully saturated rings. The third-order valence-corrected chi connectivity index (χ3v) is 4.35. The van der Waals surface area contributed by atoms with Crippen LogP contribution in [-0.4, -0.2) is 29.2 Å². The molecule has 1 heterocycles. The van der Waals surface area contributed by atoms with Gasteiger partial charge in [-0.1, -0.05) is 12.1 Å². The van der Waals surface area contributed by atoms with E-state index in [4.69, 9.17) is 0 Å². The lowest BCUT2D eigenvalue weighted by Gasteiger charge is -2.21. The SMILES string of the molecule is Oc1ccc(CCSC2CCNCC2)cc1. The molecule has 0 saturated carbocycles. The quantitative estimate of drug-likeness (QED) is 0.843. The first-order valence-corrected chi connectivity index (χ1v) is 7.00. The molecule has 1 saturated heterocycles. The summed E-state index contributed by atoms with van der Waals surface area (Å²) in [6, 6.07) is 7.56. The average Bonchev–Trinajstić information content (AvgIpc) is 2.33. The molecule has 0 atom stereocenters. The maximum absolute atomic E-state index is 9.17.